The summed E-state index contributed by atoms with van der Waals surface area (Å²) in [6, 6.07) is 7.32. The largest absolute Gasteiger partial charge is 0.508 e. The Labute approximate surface area is 107 Å². The summed E-state index contributed by atoms with van der Waals surface area (Å²) in [6.07, 6.45) is 1.40. The SMILES string of the molecule is Cc1coc2c(-c3ccc(O)cc3)cc(F)c(F)c12. The average Bonchev–Trinajstić information content (AvgIpc) is 2.77. The molecule has 2 aromatic carbocycles. The minimum absolute atomic E-state index is 0.109. The molecule has 19 heavy (non-hydrogen) atoms. The maximum absolute atomic E-state index is 13.8. The average molecular weight is 260 g/mol. The van der Waals surface area contributed by atoms with Crippen LogP contribution in [0.15, 0.2) is 41.0 Å². The number of phenolic OH excluding ortho intramolecular Hbond substituents is 1. The van der Waals surface area contributed by atoms with Gasteiger partial charge in [-0.2, -0.15) is 0 Å². The Kier molecular flexibility index (Phi) is 2.52. The fourth-order valence-electron chi connectivity index (χ4n) is 2.15. The molecule has 0 saturated carbocycles. The van der Waals surface area contributed by atoms with Crippen molar-refractivity contribution < 1.29 is 18.3 Å². The van der Waals surface area contributed by atoms with Crippen LogP contribution in [0.25, 0.3) is 22.1 Å². The van der Waals surface area contributed by atoms with Gasteiger partial charge >= 0.3 is 0 Å². The summed E-state index contributed by atoms with van der Waals surface area (Å²) >= 11 is 0. The summed E-state index contributed by atoms with van der Waals surface area (Å²) in [5.41, 5.74) is 1.96. The van der Waals surface area contributed by atoms with Crippen LogP contribution in [0.3, 0.4) is 0 Å². The van der Waals surface area contributed by atoms with Gasteiger partial charge < -0.3 is 9.52 Å². The number of rotatable bonds is 1. The van der Waals surface area contributed by atoms with Crippen molar-refractivity contribution >= 4 is 11.0 Å². The van der Waals surface area contributed by atoms with Crippen molar-refractivity contribution in [2.24, 2.45) is 0 Å². The van der Waals surface area contributed by atoms with E-state index in [4.69, 9.17) is 4.42 Å². The number of fused-ring (bicyclic) bond motifs is 1. The van der Waals surface area contributed by atoms with E-state index in [2.05, 4.69) is 0 Å². The smallest absolute Gasteiger partial charge is 0.170 e. The van der Waals surface area contributed by atoms with Gasteiger partial charge in [-0.1, -0.05) is 12.1 Å². The number of furan rings is 1. The molecule has 0 fully saturated rings. The summed E-state index contributed by atoms with van der Waals surface area (Å²) in [5, 5.41) is 9.42. The number of aryl methyl sites for hydroxylation is 1. The number of benzene rings is 2. The van der Waals surface area contributed by atoms with E-state index >= 15 is 0 Å². The fourth-order valence-corrected chi connectivity index (χ4v) is 2.15. The van der Waals surface area contributed by atoms with Gasteiger partial charge in [0.25, 0.3) is 0 Å². The third kappa shape index (κ3) is 1.76. The molecule has 1 aromatic heterocycles. The molecular formula is C15H10F2O2. The van der Waals surface area contributed by atoms with E-state index in [0.717, 1.165) is 6.07 Å². The van der Waals surface area contributed by atoms with Crippen LogP contribution in [0.4, 0.5) is 8.78 Å². The number of hydrogen-bond acceptors (Lipinski definition) is 2. The first kappa shape index (κ1) is 11.7. The van der Waals surface area contributed by atoms with E-state index in [-0.39, 0.29) is 11.1 Å². The van der Waals surface area contributed by atoms with Gasteiger partial charge in [0.1, 0.15) is 11.3 Å². The number of halogens is 2. The first-order chi connectivity index (χ1) is 9.08. The van der Waals surface area contributed by atoms with Crippen LogP contribution in [0.5, 0.6) is 5.75 Å². The fraction of sp³-hybridized carbons (Fsp3) is 0.0667. The predicted molar refractivity (Wildman–Crippen MR) is 68.0 cm³/mol. The Morgan fingerprint density at radius 3 is 2.47 bits per heavy atom. The molecule has 3 rings (SSSR count). The van der Waals surface area contributed by atoms with Gasteiger partial charge in [-0.05, 0) is 36.2 Å². The van der Waals surface area contributed by atoms with E-state index in [1.54, 1.807) is 19.1 Å². The summed E-state index contributed by atoms with van der Waals surface area (Å²) in [7, 11) is 0. The van der Waals surface area contributed by atoms with E-state index in [1.807, 2.05) is 0 Å². The highest BCUT2D eigenvalue weighted by molar-refractivity contribution is 5.94. The van der Waals surface area contributed by atoms with Gasteiger partial charge in [0.15, 0.2) is 11.6 Å². The number of aromatic hydroxyl groups is 1. The Hall–Kier alpha value is -2.36. The molecule has 0 aliphatic heterocycles. The van der Waals surface area contributed by atoms with E-state index < -0.39 is 11.6 Å². The van der Waals surface area contributed by atoms with Crippen molar-refractivity contribution in [1.29, 1.82) is 0 Å². The minimum atomic E-state index is -0.917. The van der Waals surface area contributed by atoms with Crippen molar-refractivity contribution in [2.75, 3.05) is 0 Å². The van der Waals surface area contributed by atoms with Crippen molar-refractivity contribution in [1.82, 2.24) is 0 Å². The molecule has 0 unspecified atom stereocenters. The molecule has 0 radical (unpaired) electrons. The Morgan fingerprint density at radius 2 is 1.79 bits per heavy atom. The summed E-state index contributed by atoms with van der Waals surface area (Å²) in [4.78, 5) is 0. The normalized spacial score (nSPS) is 11.1. The highest BCUT2D eigenvalue weighted by Gasteiger charge is 2.18. The summed E-state index contributed by atoms with van der Waals surface area (Å²) < 4.78 is 32.8. The van der Waals surface area contributed by atoms with Gasteiger partial charge in [-0.3, -0.25) is 0 Å². The van der Waals surface area contributed by atoms with Gasteiger partial charge in [-0.25, -0.2) is 8.78 Å². The summed E-state index contributed by atoms with van der Waals surface area (Å²) in [5.74, 6) is -1.71. The first-order valence-corrected chi connectivity index (χ1v) is 5.73. The standard InChI is InChI=1S/C15H10F2O2/c1-8-7-19-15-11(6-12(16)14(17)13(8)15)9-2-4-10(18)5-3-9/h2-7,18H,1H3. The topological polar surface area (TPSA) is 33.4 Å². The van der Waals surface area contributed by atoms with Crippen molar-refractivity contribution in [3.8, 4) is 16.9 Å². The van der Waals surface area contributed by atoms with Crippen molar-refractivity contribution in [2.45, 2.75) is 6.92 Å². The molecule has 0 amide bonds. The lowest BCUT2D eigenvalue weighted by Crippen LogP contribution is -1.89. The number of phenols is 1. The van der Waals surface area contributed by atoms with Crippen LogP contribution in [0.2, 0.25) is 0 Å². The van der Waals surface area contributed by atoms with Crippen LogP contribution < -0.4 is 0 Å². The molecule has 1 N–H and O–H groups in total. The predicted octanol–water partition coefficient (Wildman–Crippen LogP) is 4.39. The molecular weight excluding hydrogens is 250 g/mol. The Balaban J connectivity index is 2.35. The van der Waals surface area contributed by atoms with E-state index in [9.17, 15) is 13.9 Å². The lowest BCUT2D eigenvalue weighted by molar-refractivity contribution is 0.475. The number of hydrogen-bond donors (Lipinski definition) is 1. The van der Waals surface area contributed by atoms with Crippen LogP contribution in [0, 0.1) is 18.6 Å². The minimum Gasteiger partial charge on any atom is -0.508 e. The third-order valence-electron chi connectivity index (χ3n) is 3.10. The highest BCUT2D eigenvalue weighted by Crippen LogP contribution is 2.35. The monoisotopic (exact) mass is 260 g/mol. The molecule has 0 aliphatic carbocycles. The quantitative estimate of drug-likeness (QED) is 0.703. The second kappa shape index (κ2) is 4.09. The molecule has 1 heterocycles. The molecule has 96 valence electrons. The van der Waals surface area contributed by atoms with Crippen molar-refractivity contribution in [3.05, 3.63) is 53.8 Å². The molecule has 0 saturated heterocycles. The van der Waals surface area contributed by atoms with Crippen LogP contribution >= 0.6 is 0 Å². The van der Waals surface area contributed by atoms with E-state index in [1.165, 1.54) is 18.4 Å². The lowest BCUT2D eigenvalue weighted by atomic mass is 10.0. The van der Waals surface area contributed by atoms with Crippen LogP contribution in [-0.4, -0.2) is 5.11 Å². The van der Waals surface area contributed by atoms with Crippen molar-refractivity contribution in [3.63, 3.8) is 0 Å². The second-order valence-electron chi connectivity index (χ2n) is 4.39. The van der Waals surface area contributed by atoms with Crippen LogP contribution in [-0.2, 0) is 0 Å². The maximum atomic E-state index is 13.8. The second-order valence-corrected chi connectivity index (χ2v) is 4.39. The van der Waals surface area contributed by atoms with Crippen LogP contribution in [0.1, 0.15) is 5.56 Å². The molecule has 2 nitrogen and oxygen atoms in total. The molecule has 0 spiro atoms. The molecule has 0 atom stereocenters. The lowest BCUT2D eigenvalue weighted by Gasteiger charge is -2.05. The zero-order valence-electron chi connectivity index (χ0n) is 10.1. The zero-order chi connectivity index (χ0) is 13.6. The van der Waals surface area contributed by atoms with E-state index in [0.29, 0.717) is 22.3 Å². The zero-order valence-corrected chi connectivity index (χ0v) is 10.1. The highest BCUT2D eigenvalue weighted by atomic mass is 19.2. The first-order valence-electron chi connectivity index (χ1n) is 5.73. The maximum Gasteiger partial charge on any atom is 0.170 e. The Bertz CT molecular complexity index is 758. The molecule has 3 aromatic rings. The Morgan fingerprint density at radius 1 is 1.11 bits per heavy atom. The third-order valence-corrected chi connectivity index (χ3v) is 3.10. The molecule has 0 bridgehead atoms. The summed E-state index contributed by atoms with van der Waals surface area (Å²) in [6.45, 7) is 1.66. The van der Waals surface area contributed by atoms with Gasteiger partial charge in [0.2, 0.25) is 0 Å². The van der Waals surface area contributed by atoms with Gasteiger partial charge in [-0.15, -0.1) is 0 Å². The molecule has 4 heteroatoms. The van der Waals surface area contributed by atoms with Gasteiger partial charge in [0, 0.05) is 5.56 Å². The van der Waals surface area contributed by atoms with Gasteiger partial charge in [0.05, 0.1) is 11.6 Å². The molecule has 0 aliphatic rings.